The largest absolute Gasteiger partial charge is 0.265 e. The first kappa shape index (κ1) is 10.8. The normalized spacial score (nSPS) is 9.94. The maximum atomic E-state index is 8.45. The summed E-state index contributed by atoms with van der Waals surface area (Å²) >= 11 is 1.65. The quantitative estimate of drug-likeness (QED) is 0.757. The van der Waals surface area contributed by atoms with Crippen LogP contribution in [-0.4, -0.2) is 9.97 Å². The molecule has 0 saturated carbocycles. The maximum absolute atomic E-state index is 8.45. The molecule has 0 atom stereocenters. The molecule has 2 aromatic heterocycles. The van der Waals surface area contributed by atoms with Gasteiger partial charge in [0.2, 0.25) is 0 Å². The van der Waals surface area contributed by atoms with E-state index >= 15 is 0 Å². The van der Waals surface area contributed by atoms with Gasteiger partial charge in [-0.05, 0) is 18.6 Å². The highest BCUT2D eigenvalue weighted by Crippen LogP contribution is 2.21. The van der Waals surface area contributed by atoms with Crippen LogP contribution in [0.5, 0.6) is 0 Å². The van der Waals surface area contributed by atoms with Crippen molar-refractivity contribution in [3.05, 3.63) is 34.9 Å². The van der Waals surface area contributed by atoms with Crippen molar-refractivity contribution in [3.63, 3.8) is 0 Å². The number of thiazole rings is 1. The van der Waals surface area contributed by atoms with Gasteiger partial charge in [-0.3, -0.25) is 4.98 Å². The Morgan fingerprint density at radius 1 is 1.31 bits per heavy atom. The molecule has 0 aliphatic carbocycles. The van der Waals surface area contributed by atoms with Crippen LogP contribution in [0.2, 0.25) is 0 Å². The smallest absolute Gasteiger partial charge is 0.0932 e. The van der Waals surface area contributed by atoms with Crippen molar-refractivity contribution < 1.29 is 0 Å². The average Bonchev–Trinajstić information content (AvgIpc) is 2.79. The fourth-order valence-corrected chi connectivity index (χ4v) is 2.25. The predicted octanol–water partition coefficient (Wildman–Crippen LogP) is 3.05. The van der Waals surface area contributed by atoms with E-state index in [0.29, 0.717) is 6.42 Å². The van der Waals surface area contributed by atoms with E-state index in [1.165, 1.54) is 0 Å². The van der Waals surface area contributed by atoms with Gasteiger partial charge in [-0.25, -0.2) is 4.98 Å². The lowest BCUT2D eigenvalue weighted by Gasteiger charge is -1.94. The molecule has 0 aliphatic heterocycles. The fraction of sp³-hybridized carbons (Fsp3) is 0.250. The number of nitriles is 1. The first-order chi connectivity index (χ1) is 7.90. The molecule has 80 valence electrons. The highest BCUT2D eigenvalue weighted by Gasteiger charge is 2.03. The molecule has 0 fully saturated rings. The zero-order valence-corrected chi connectivity index (χ0v) is 9.57. The Morgan fingerprint density at radius 3 is 2.88 bits per heavy atom. The molecule has 0 N–H and O–H groups in total. The highest BCUT2D eigenvalue weighted by atomic mass is 32.1. The van der Waals surface area contributed by atoms with Gasteiger partial charge in [0.25, 0.3) is 0 Å². The third-order valence-electron chi connectivity index (χ3n) is 2.21. The summed E-state index contributed by atoms with van der Waals surface area (Å²) in [6.07, 6.45) is 5.92. The Kier molecular flexibility index (Phi) is 3.62. The van der Waals surface area contributed by atoms with Crippen LogP contribution in [0.25, 0.3) is 11.3 Å². The van der Waals surface area contributed by atoms with Crippen molar-refractivity contribution in [2.75, 3.05) is 0 Å². The van der Waals surface area contributed by atoms with Gasteiger partial charge in [-0.2, -0.15) is 5.26 Å². The van der Waals surface area contributed by atoms with Crippen molar-refractivity contribution in [2.24, 2.45) is 0 Å². The highest BCUT2D eigenvalue weighted by molar-refractivity contribution is 7.09. The Morgan fingerprint density at radius 2 is 2.12 bits per heavy atom. The standard InChI is InChI=1S/C12H11N3S/c13-6-2-1-3-12-15-11(9-16-12)10-4-7-14-8-5-10/h4-5,7-9H,1-3H2. The zero-order valence-electron chi connectivity index (χ0n) is 8.76. The Hall–Kier alpha value is -1.73. The predicted molar refractivity (Wildman–Crippen MR) is 63.9 cm³/mol. The molecule has 0 radical (unpaired) electrons. The second-order valence-electron chi connectivity index (χ2n) is 3.37. The van der Waals surface area contributed by atoms with E-state index in [4.69, 9.17) is 5.26 Å². The van der Waals surface area contributed by atoms with Crippen LogP contribution >= 0.6 is 11.3 Å². The van der Waals surface area contributed by atoms with Crippen LogP contribution in [-0.2, 0) is 6.42 Å². The maximum Gasteiger partial charge on any atom is 0.0932 e. The van der Waals surface area contributed by atoms with E-state index in [0.717, 1.165) is 29.1 Å². The average molecular weight is 229 g/mol. The lowest BCUT2D eigenvalue weighted by Crippen LogP contribution is -1.84. The summed E-state index contributed by atoms with van der Waals surface area (Å²) in [7, 11) is 0. The number of hydrogen-bond donors (Lipinski definition) is 0. The number of unbranched alkanes of at least 4 members (excludes halogenated alkanes) is 1. The van der Waals surface area contributed by atoms with Crippen LogP contribution in [0.4, 0.5) is 0 Å². The van der Waals surface area contributed by atoms with Gasteiger partial charge in [0, 0.05) is 36.2 Å². The van der Waals surface area contributed by atoms with Gasteiger partial charge in [0.15, 0.2) is 0 Å². The zero-order chi connectivity index (χ0) is 11.2. The summed E-state index contributed by atoms with van der Waals surface area (Å²) in [5.74, 6) is 0. The molecule has 0 unspecified atom stereocenters. The first-order valence-electron chi connectivity index (χ1n) is 5.12. The van der Waals surface area contributed by atoms with Gasteiger partial charge in [-0.15, -0.1) is 11.3 Å². The molecule has 16 heavy (non-hydrogen) atoms. The van der Waals surface area contributed by atoms with Gasteiger partial charge in [-0.1, -0.05) is 0 Å². The minimum Gasteiger partial charge on any atom is -0.265 e. The third kappa shape index (κ3) is 2.65. The molecule has 2 heterocycles. The third-order valence-corrected chi connectivity index (χ3v) is 3.12. The summed E-state index contributed by atoms with van der Waals surface area (Å²) in [6, 6.07) is 6.05. The van der Waals surface area contributed by atoms with Crippen LogP contribution < -0.4 is 0 Å². The van der Waals surface area contributed by atoms with E-state index in [-0.39, 0.29) is 0 Å². The number of rotatable bonds is 4. The van der Waals surface area contributed by atoms with E-state index in [1.807, 2.05) is 12.1 Å². The van der Waals surface area contributed by atoms with Crippen molar-refractivity contribution in [1.29, 1.82) is 5.26 Å². The summed E-state index contributed by atoms with van der Waals surface area (Å²) in [6.45, 7) is 0. The van der Waals surface area contributed by atoms with Gasteiger partial charge >= 0.3 is 0 Å². The van der Waals surface area contributed by atoms with Crippen molar-refractivity contribution in [3.8, 4) is 17.3 Å². The SMILES string of the molecule is N#CCCCc1nc(-c2ccncc2)cs1. The van der Waals surface area contributed by atoms with Crippen molar-refractivity contribution in [1.82, 2.24) is 9.97 Å². The van der Waals surface area contributed by atoms with Crippen LogP contribution in [0.1, 0.15) is 17.8 Å². The van der Waals surface area contributed by atoms with Crippen molar-refractivity contribution in [2.45, 2.75) is 19.3 Å². The molecule has 0 aromatic carbocycles. The molecule has 4 heteroatoms. The van der Waals surface area contributed by atoms with Gasteiger partial charge < -0.3 is 0 Å². The monoisotopic (exact) mass is 229 g/mol. The molecule has 0 saturated heterocycles. The summed E-state index contributed by atoms with van der Waals surface area (Å²) < 4.78 is 0. The Labute approximate surface area is 98.4 Å². The minimum atomic E-state index is 0.601. The van der Waals surface area contributed by atoms with E-state index in [1.54, 1.807) is 23.7 Å². The minimum absolute atomic E-state index is 0.601. The molecule has 0 amide bonds. The molecule has 0 bridgehead atoms. The molecule has 3 nitrogen and oxygen atoms in total. The van der Waals surface area contributed by atoms with Crippen LogP contribution in [0.15, 0.2) is 29.9 Å². The van der Waals surface area contributed by atoms with E-state index in [9.17, 15) is 0 Å². The number of nitrogens with zero attached hydrogens (tertiary/aromatic N) is 3. The second-order valence-corrected chi connectivity index (χ2v) is 4.32. The lowest BCUT2D eigenvalue weighted by molar-refractivity contribution is 0.843. The topological polar surface area (TPSA) is 49.6 Å². The van der Waals surface area contributed by atoms with Gasteiger partial charge in [0.1, 0.15) is 0 Å². The number of pyridine rings is 1. The second kappa shape index (κ2) is 5.38. The van der Waals surface area contributed by atoms with E-state index < -0.39 is 0 Å². The fourth-order valence-electron chi connectivity index (χ4n) is 1.40. The number of hydrogen-bond acceptors (Lipinski definition) is 4. The summed E-state index contributed by atoms with van der Waals surface area (Å²) in [5.41, 5.74) is 2.09. The summed E-state index contributed by atoms with van der Waals surface area (Å²) in [4.78, 5) is 8.51. The number of aromatic nitrogens is 2. The molecule has 2 aromatic rings. The van der Waals surface area contributed by atoms with E-state index in [2.05, 4.69) is 21.4 Å². The van der Waals surface area contributed by atoms with Crippen LogP contribution in [0, 0.1) is 11.3 Å². The lowest BCUT2D eigenvalue weighted by atomic mass is 10.2. The van der Waals surface area contributed by atoms with Crippen molar-refractivity contribution >= 4 is 11.3 Å². The Bertz CT molecular complexity index is 484. The molecule has 0 aliphatic rings. The Balaban J connectivity index is 2.06. The number of aryl methyl sites for hydroxylation is 1. The van der Waals surface area contributed by atoms with Crippen LogP contribution in [0.3, 0.4) is 0 Å². The molecule has 0 spiro atoms. The first-order valence-corrected chi connectivity index (χ1v) is 6.00. The molecular formula is C12H11N3S. The van der Waals surface area contributed by atoms with Gasteiger partial charge in [0.05, 0.1) is 16.8 Å². The molecular weight excluding hydrogens is 218 g/mol. The summed E-state index contributed by atoms with van der Waals surface area (Å²) in [5, 5.41) is 11.6. The molecule has 2 rings (SSSR count).